The maximum atomic E-state index is 14.9. The van der Waals surface area contributed by atoms with E-state index in [9.17, 15) is 8.42 Å². The van der Waals surface area contributed by atoms with Crippen molar-refractivity contribution in [2.45, 2.75) is 15.2 Å². The summed E-state index contributed by atoms with van der Waals surface area (Å²) in [5.41, 5.74) is 15.2. The Balaban J connectivity index is 1.10. The van der Waals surface area contributed by atoms with Crippen molar-refractivity contribution in [1.29, 1.82) is 0 Å². The molecule has 0 bridgehead atoms. The van der Waals surface area contributed by atoms with Crippen LogP contribution in [0.1, 0.15) is 22.3 Å². The van der Waals surface area contributed by atoms with E-state index in [0.717, 1.165) is 94.6 Å². The molecule has 2 aromatic heterocycles. The lowest BCUT2D eigenvalue weighted by Gasteiger charge is -2.35. The molecule has 0 radical (unpaired) electrons. The van der Waals surface area contributed by atoms with Crippen molar-refractivity contribution in [3.05, 3.63) is 229 Å². The number of aromatic nitrogens is 4. The molecule has 1 spiro atoms. The molecule has 1 unspecified atom stereocenters. The fraction of sp³-hybridized carbons (Fsp3) is 0.0175. The Hall–Kier alpha value is -8.13. The lowest BCUT2D eigenvalue weighted by atomic mass is 9.65. The predicted octanol–water partition coefficient (Wildman–Crippen LogP) is 12.8. The number of sulfone groups is 1. The van der Waals surface area contributed by atoms with Gasteiger partial charge in [-0.1, -0.05) is 176 Å². The lowest BCUT2D eigenvalue weighted by Crippen LogP contribution is -2.29. The molecular weight excluding hydrogens is 805 g/mol. The molecule has 0 saturated heterocycles. The molecule has 13 rings (SSSR count). The summed E-state index contributed by atoms with van der Waals surface area (Å²) in [6.07, 6.45) is 3.63. The number of nitrogens with zero attached hydrogens (tertiary/aromatic N) is 4. The predicted molar refractivity (Wildman–Crippen MR) is 252 cm³/mol. The van der Waals surface area contributed by atoms with Gasteiger partial charge in [-0.2, -0.15) is 0 Å². The number of rotatable bonds is 4. The summed E-state index contributed by atoms with van der Waals surface area (Å²) < 4.78 is 29.7. The van der Waals surface area contributed by atoms with Crippen LogP contribution in [0.2, 0.25) is 0 Å². The molecule has 8 aromatic carbocycles. The third-order valence-corrected chi connectivity index (χ3v) is 15.1. The number of benzene rings is 8. The van der Waals surface area contributed by atoms with Gasteiger partial charge >= 0.3 is 0 Å². The molecule has 0 N–H and O–H groups in total. The van der Waals surface area contributed by atoms with Crippen LogP contribution in [0.15, 0.2) is 216 Å². The third-order valence-electron chi connectivity index (χ3n) is 13.2. The van der Waals surface area contributed by atoms with Gasteiger partial charge < -0.3 is 0 Å². The zero-order valence-electron chi connectivity index (χ0n) is 34.1. The van der Waals surface area contributed by atoms with Crippen LogP contribution in [0, 0.1) is 0 Å². The summed E-state index contributed by atoms with van der Waals surface area (Å²) in [5.74, 6) is 1.65. The maximum Gasteiger partial charge on any atom is 0.208 e. The molecule has 0 saturated carbocycles. The van der Waals surface area contributed by atoms with Crippen LogP contribution in [0.5, 0.6) is 0 Å². The molecule has 300 valence electrons. The van der Waals surface area contributed by atoms with E-state index < -0.39 is 15.3 Å². The van der Waals surface area contributed by atoms with E-state index in [1.807, 2.05) is 91.1 Å². The monoisotopic (exact) mass is 838 g/mol. The Morgan fingerprint density at radius 3 is 1.58 bits per heavy atom. The zero-order valence-corrected chi connectivity index (χ0v) is 35.0. The highest BCUT2D eigenvalue weighted by atomic mass is 32.2. The molecule has 7 heteroatoms. The van der Waals surface area contributed by atoms with Crippen molar-refractivity contribution >= 4 is 9.84 Å². The highest BCUT2D eigenvalue weighted by Crippen LogP contribution is 2.64. The molecule has 2 aliphatic carbocycles. The van der Waals surface area contributed by atoms with Crippen LogP contribution >= 0.6 is 0 Å². The van der Waals surface area contributed by atoms with Crippen molar-refractivity contribution < 1.29 is 8.42 Å². The molecule has 64 heavy (non-hydrogen) atoms. The van der Waals surface area contributed by atoms with Crippen molar-refractivity contribution in [2.24, 2.45) is 0 Å². The first kappa shape index (κ1) is 36.5. The van der Waals surface area contributed by atoms with Crippen molar-refractivity contribution in [3.8, 4) is 89.8 Å². The Kier molecular flexibility index (Phi) is 7.81. The molecule has 1 atom stereocenters. The van der Waals surface area contributed by atoms with E-state index in [1.165, 1.54) is 0 Å². The zero-order chi connectivity index (χ0) is 42.6. The molecule has 0 amide bonds. The first-order valence-corrected chi connectivity index (χ1v) is 22.8. The fourth-order valence-electron chi connectivity index (χ4n) is 10.5. The van der Waals surface area contributed by atoms with Crippen molar-refractivity contribution in [2.75, 3.05) is 0 Å². The summed E-state index contributed by atoms with van der Waals surface area (Å²) in [4.78, 5) is 20.6. The molecule has 1 aliphatic heterocycles. The van der Waals surface area contributed by atoms with E-state index >= 15 is 0 Å². The number of pyridine rings is 1. The minimum absolute atomic E-state index is 0.347. The minimum Gasteiger partial charge on any atom is -0.264 e. The number of fused-ring (bicyclic) bond motifs is 16. The molecule has 0 fully saturated rings. The second-order valence-electron chi connectivity index (χ2n) is 16.5. The first-order valence-electron chi connectivity index (χ1n) is 21.3. The molecule has 10 aromatic rings. The van der Waals surface area contributed by atoms with Gasteiger partial charge in [-0.3, -0.25) is 4.98 Å². The average Bonchev–Trinajstić information content (AvgIpc) is 3.75. The van der Waals surface area contributed by atoms with Crippen LogP contribution in [-0.2, 0) is 15.3 Å². The summed E-state index contributed by atoms with van der Waals surface area (Å²) in [6.45, 7) is 0. The van der Waals surface area contributed by atoms with Gasteiger partial charge in [-0.25, -0.2) is 23.4 Å². The van der Waals surface area contributed by atoms with Crippen LogP contribution < -0.4 is 0 Å². The number of hydrogen-bond donors (Lipinski definition) is 0. The maximum absolute atomic E-state index is 14.9. The third kappa shape index (κ3) is 5.10. The largest absolute Gasteiger partial charge is 0.264 e. The SMILES string of the molecule is O=S1(=O)c2ccccc2-c2ccc3c(c21)-c1ccccc1C31c2ccccc2-c2ccccc2-c2ccc(-c3nc(-c4ccccc4)nc(-c4ccc(-c5cccnc5)cc4)n3)cc21. The molecule has 3 aliphatic rings. The minimum atomic E-state index is -3.87. The Morgan fingerprint density at radius 1 is 0.359 bits per heavy atom. The van der Waals surface area contributed by atoms with Gasteiger partial charge in [-0.05, 0) is 79.4 Å². The Bertz CT molecular complexity index is 3680. The van der Waals surface area contributed by atoms with Gasteiger partial charge in [0, 0.05) is 45.8 Å². The summed E-state index contributed by atoms with van der Waals surface area (Å²) in [6, 6.07) is 65.9. The quantitative estimate of drug-likeness (QED) is 0.175. The van der Waals surface area contributed by atoms with Gasteiger partial charge in [-0.15, -0.1) is 0 Å². The summed E-state index contributed by atoms with van der Waals surface area (Å²) in [7, 11) is -3.87. The summed E-state index contributed by atoms with van der Waals surface area (Å²) >= 11 is 0. The highest BCUT2D eigenvalue weighted by Gasteiger charge is 2.52. The highest BCUT2D eigenvalue weighted by molar-refractivity contribution is 7.92. The Morgan fingerprint density at radius 2 is 0.875 bits per heavy atom. The first-order chi connectivity index (χ1) is 31.5. The van der Waals surface area contributed by atoms with Crippen LogP contribution in [0.25, 0.3) is 89.8 Å². The Labute approximate surface area is 370 Å². The smallest absolute Gasteiger partial charge is 0.208 e. The topological polar surface area (TPSA) is 85.7 Å². The lowest BCUT2D eigenvalue weighted by molar-refractivity contribution is 0.599. The fourth-order valence-corrected chi connectivity index (χ4v) is 12.4. The second-order valence-corrected chi connectivity index (χ2v) is 18.4. The van der Waals surface area contributed by atoms with Crippen LogP contribution in [-0.4, -0.2) is 28.4 Å². The van der Waals surface area contributed by atoms with Crippen molar-refractivity contribution in [3.63, 3.8) is 0 Å². The molecular formula is C57H34N4O2S. The second kappa shape index (κ2) is 13.7. The molecule has 3 heterocycles. The van der Waals surface area contributed by atoms with Gasteiger partial charge in [0.15, 0.2) is 17.5 Å². The number of hydrogen-bond acceptors (Lipinski definition) is 6. The normalized spacial score (nSPS) is 15.5. The van der Waals surface area contributed by atoms with Crippen LogP contribution in [0.3, 0.4) is 0 Å². The van der Waals surface area contributed by atoms with Crippen molar-refractivity contribution in [1.82, 2.24) is 19.9 Å². The van der Waals surface area contributed by atoms with E-state index in [1.54, 1.807) is 12.3 Å². The van der Waals surface area contributed by atoms with Gasteiger partial charge in [0.05, 0.1) is 15.2 Å². The van der Waals surface area contributed by atoms with Crippen LogP contribution in [0.4, 0.5) is 0 Å². The van der Waals surface area contributed by atoms with E-state index in [0.29, 0.717) is 27.3 Å². The van der Waals surface area contributed by atoms with E-state index in [4.69, 9.17) is 15.0 Å². The van der Waals surface area contributed by atoms with E-state index in [-0.39, 0.29) is 0 Å². The van der Waals surface area contributed by atoms with Gasteiger partial charge in [0.2, 0.25) is 9.84 Å². The van der Waals surface area contributed by atoms with Gasteiger partial charge in [0.25, 0.3) is 0 Å². The standard InChI is InChI=1S/C57H34N4O2S/c62-64(63)51-23-11-8-19-44(51)45-30-31-49-52(53(45)64)46-20-7-10-22-48(46)57(49)47-21-9-6-18-42(47)40-16-4-5-17-41(40)43-29-28-38(33-50(43)57)56-60-54(36-13-2-1-3-14-36)59-55(61-56)37-26-24-35(25-27-37)39-15-12-32-58-34-39/h1-34H. The summed E-state index contributed by atoms with van der Waals surface area (Å²) in [5, 5.41) is 0. The molecule has 6 nitrogen and oxygen atoms in total. The van der Waals surface area contributed by atoms with Gasteiger partial charge in [0.1, 0.15) is 0 Å². The van der Waals surface area contributed by atoms with E-state index in [2.05, 4.69) is 108 Å². The average molecular weight is 839 g/mol.